The van der Waals surface area contributed by atoms with Gasteiger partial charge in [-0.3, -0.25) is 9.48 Å². The Balaban J connectivity index is 1.85. The number of pyridine rings is 2. The lowest BCUT2D eigenvalue weighted by atomic mass is 9.99. The fourth-order valence-corrected chi connectivity index (χ4v) is 3.56. The molecule has 3 aromatic heterocycles. The molecule has 148 valence electrons. The molecule has 7 nitrogen and oxygen atoms in total. The van der Waals surface area contributed by atoms with Gasteiger partial charge in [-0.25, -0.2) is 9.97 Å². The van der Waals surface area contributed by atoms with Crippen LogP contribution in [0.1, 0.15) is 36.7 Å². The quantitative estimate of drug-likeness (QED) is 0.658. The van der Waals surface area contributed by atoms with Gasteiger partial charge in [0, 0.05) is 30.9 Å². The van der Waals surface area contributed by atoms with Gasteiger partial charge in [0.15, 0.2) is 5.65 Å². The van der Waals surface area contributed by atoms with Crippen LogP contribution in [0, 0.1) is 13.8 Å². The van der Waals surface area contributed by atoms with E-state index in [1.807, 2.05) is 38.9 Å². The number of hydrogen-bond donors (Lipinski definition) is 1. The first kappa shape index (κ1) is 20.1. The molecule has 3 heterocycles. The van der Waals surface area contributed by atoms with Crippen LogP contribution >= 0.6 is 11.6 Å². The predicted octanol–water partition coefficient (Wildman–Crippen LogP) is 3.83. The van der Waals surface area contributed by atoms with Crippen molar-refractivity contribution in [2.45, 2.75) is 33.6 Å². The van der Waals surface area contributed by atoms with Crippen LogP contribution in [0.15, 0.2) is 18.2 Å². The Bertz CT molecular complexity index is 1020. The Morgan fingerprint density at radius 1 is 1.25 bits per heavy atom. The van der Waals surface area contributed by atoms with Crippen molar-refractivity contribution >= 4 is 40.0 Å². The molecule has 28 heavy (non-hydrogen) atoms. The Labute approximate surface area is 169 Å². The zero-order valence-corrected chi connectivity index (χ0v) is 17.8. The van der Waals surface area contributed by atoms with Crippen LogP contribution < -0.4 is 10.2 Å². The second kappa shape index (κ2) is 7.75. The summed E-state index contributed by atoms with van der Waals surface area (Å²) >= 11 is 5.96. The third kappa shape index (κ3) is 4.09. The van der Waals surface area contributed by atoms with E-state index in [2.05, 4.69) is 29.2 Å². The Morgan fingerprint density at radius 2 is 1.96 bits per heavy atom. The summed E-state index contributed by atoms with van der Waals surface area (Å²) in [4.78, 5) is 23.2. The van der Waals surface area contributed by atoms with E-state index in [0.29, 0.717) is 16.8 Å². The van der Waals surface area contributed by atoms with Crippen molar-refractivity contribution in [3.63, 3.8) is 0 Å². The highest BCUT2D eigenvalue weighted by Gasteiger charge is 2.18. The summed E-state index contributed by atoms with van der Waals surface area (Å²) < 4.78 is 1.79. The monoisotopic (exact) mass is 400 g/mol. The fraction of sp³-hybridized carbons (Fsp3) is 0.400. The molecular weight excluding hydrogens is 376 g/mol. The van der Waals surface area contributed by atoms with Gasteiger partial charge in [-0.05, 0) is 43.5 Å². The molecule has 0 unspecified atom stereocenters. The third-order valence-electron chi connectivity index (χ3n) is 4.59. The molecule has 1 N–H and O–H groups in total. The Morgan fingerprint density at radius 3 is 2.61 bits per heavy atom. The van der Waals surface area contributed by atoms with Crippen LogP contribution in [-0.2, 0) is 11.8 Å². The first-order valence-corrected chi connectivity index (χ1v) is 9.53. The zero-order valence-electron chi connectivity index (χ0n) is 17.0. The fourth-order valence-electron chi connectivity index (χ4n) is 3.31. The van der Waals surface area contributed by atoms with Crippen molar-refractivity contribution in [3.8, 4) is 0 Å². The summed E-state index contributed by atoms with van der Waals surface area (Å²) in [5, 5.41) is 8.80. The van der Waals surface area contributed by atoms with E-state index in [4.69, 9.17) is 16.6 Å². The lowest BCUT2D eigenvalue weighted by Crippen LogP contribution is -2.30. The molecule has 0 bridgehead atoms. The van der Waals surface area contributed by atoms with Gasteiger partial charge in [0.05, 0.1) is 12.2 Å². The predicted molar refractivity (Wildman–Crippen MR) is 113 cm³/mol. The van der Waals surface area contributed by atoms with Gasteiger partial charge in [-0.2, -0.15) is 5.10 Å². The molecule has 0 aliphatic heterocycles. The maximum absolute atomic E-state index is 12.5. The number of carbonyl (C=O) groups is 1. The zero-order chi connectivity index (χ0) is 20.6. The second-order valence-electron chi connectivity index (χ2n) is 7.36. The van der Waals surface area contributed by atoms with Crippen molar-refractivity contribution in [1.29, 1.82) is 0 Å². The highest BCUT2D eigenvalue weighted by Crippen LogP contribution is 2.30. The molecule has 1 amide bonds. The van der Waals surface area contributed by atoms with E-state index in [0.717, 1.165) is 28.2 Å². The number of carbonyl (C=O) groups excluding carboxylic acids is 1. The van der Waals surface area contributed by atoms with Crippen LogP contribution in [0.2, 0.25) is 5.15 Å². The standard InChI is InChI=1S/C20H25ClN6O/c1-11(2)15-9-17(24-20-19(15)13(4)25-27(20)6)26(5)10-18(28)23-14-7-12(3)22-16(21)8-14/h7-9,11H,10H2,1-6H3,(H,22,23,28). The molecule has 0 aliphatic carbocycles. The van der Waals surface area contributed by atoms with Crippen LogP contribution in [0.3, 0.4) is 0 Å². The van der Waals surface area contributed by atoms with E-state index in [1.54, 1.807) is 16.8 Å². The molecule has 3 rings (SSSR count). The van der Waals surface area contributed by atoms with Crippen LogP contribution in [-0.4, -0.2) is 39.2 Å². The number of aromatic nitrogens is 4. The third-order valence-corrected chi connectivity index (χ3v) is 4.78. The van der Waals surface area contributed by atoms with Gasteiger partial charge >= 0.3 is 0 Å². The molecule has 0 saturated heterocycles. The Hall–Kier alpha value is -2.67. The second-order valence-corrected chi connectivity index (χ2v) is 7.74. The lowest BCUT2D eigenvalue weighted by Gasteiger charge is -2.20. The smallest absolute Gasteiger partial charge is 0.243 e. The molecule has 0 fully saturated rings. The summed E-state index contributed by atoms with van der Waals surface area (Å²) in [7, 11) is 3.74. The number of halogens is 1. The first-order valence-electron chi connectivity index (χ1n) is 9.15. The largest absolute Gasteiger partial charge is 0.350 e. The van der Waals surface area contributed by atoms with E-state index in [-0.39, 0.29) is 12.5 Å². The van der Waals surface area contributed by atoms with Gasteiger partial charge in [0.2, 0.25) is 5.91 Å². The Kier molecular flexibility index (Phi) is 5.56. The van der Waals surface area contributed by atoms with Gasteiger partial charge in [0.1, 0.15) is 11.0 Å². The van der Waals surface area contributed by atoms with Gasteiger partial charge in [-0.15, -0.1) is 0 Å². The number of hydrogen-bond acceptors (Lipinski definition) is 5. The summed E-state index contributed by atoms with van der Waals surface area (Å²) in [5.74, 6) is 0.896. The summed E-state index contributed by atoms with van der Waals surface area (Å²) in [6.07, 6.45) is 0. The molecule has 0 radical (unpaired) electrons. The molecule has 3 aromatic rings. The number of nitrogens with one attached hydrogen (secondary N) is 1. The van der Waals surface area contributed by atoms with Crippen LogP contribution in [0.4, 0.5) is 11.5 Å². The minimum absolute atomic E-state index is 0.154. The SMILES string of the molecule is Cc1cc(NC(=O)CN(C)c2cc(C(C)C)c3c(C)nn(C)c3n2)cc(Cl)n1. The maximum Gasteiger partial charge on any atom is 0.243 e. The highest BCUT2D eigenvalue weighted by atomic mass is 35.5. The lowest BCUT2D eigenvalue weighted by molar-refractivity contribution is -0.114. The molecule has 8 heteroatoms. The number of nitrogens with zero attached hydrogens (tertiary/aromatic N) is 5. The number of amides is 1. The normalized spacial score (nSPS) is 11.3. The summed E-state index contributed by atoms with van der Waals surface area (Å²) in [6.45, 7) is 8.27. The van der Waals surface area contributed by atoms with Crippen LogP contribution in [0.5, 0.6) is 0 Å². The average Bonchev–Trinajstić information content (AvgIpc) is 2.87. The maximum atomic E-state index is 12.5. The van der Waals surface area contributed by atoms with E-state index >= 15 is 0 Å². The molecule has 0 saturated carbocycles. The van der Waals surface area contributed by atoms with Crippen molar-refractivity contribution in [2.75, 3.05) is 23.8 Å². The summed E-state index contributed by atoms with van der Waals surface area (Å²) in [5.41, 5.74) is 4.34. The number of anilines is 2. The van der Waals surface area contributed by atoms with Crippen molar-refractivity contribution in [3.05, 3.63) is 40.3 Å². The number of likely N-dealkylation sites (N-methyl/N-ethyl adjacent to an activating group) is 1. The molecule has 0 atom stereocenters. The highest BCUT2D eigenvalue weighted by molar-refractivity contribution is 6.29. The van der Waals surface area contributed by atoms with E-state index in [9.17, 15) is 4.79 Å². The first-order chi connectivity index (χ1) is 13.2. The van der Waals surface area contributed by atoms with Crippen molar-refractivity contribution < 1.29 is 4.79 Å². The molecular formula is C20H25ClN6O. The number of aryl methyl sites for hydroxylation is 3. The number of rotatable bonds is 5. The average molecular weight is 401 g/mol. The van der Waals surface area contributed by atoms with E-state index in [1.165, 1.54) is 5.56 Å². The molecule has 0 spiro atoms. The molecule has 0 aromatic carbocycles. The van der Waals surface area contributed by atoms with Crippen molar-refractivity contribution in [1.82, 2.24) is 19.7 Å². The molecule has 0 aliphatic rings. The topological polar surface area (TPSA) is 75.9 Å². The summed E-state index contributed by atoms with van der Waals surface area (Å²) in [6, 6.07) is 5.46. The van der Waals surface area contributed by atoms with Gasteiger partial charge in [-0.1, -0.05) is 25.4 Å². The number of fused-ring (bicyclic) bond motifs is 1. The minimum atomic E-state index is -0.154. The van der Waals surface area contributed by atoms with Gasteiger partial charge in [0.25, 0.3) is 0 Å². The van der Waals surface area contributed by atoms with E-state index < -0.39 is 0 Å². The van der Waals surface area contributed by atoms with Crippen molar-refractivity contribution in [2.24, 2.45) is 7.05 Å². The van der Waals surface area contributed by atoms with Gasteiger partial charge < -0.3 is 10.2 Å². The van der Waals surface area contributed by atoms with Crippen LogP contribution in [0.25, 0.3) is 11.0 Å². The minimum Gasteiger partial charge on any atom is -0.350 e.